The summed E-state index contributed by atoms with van der Waals surface area (Å²) in [5.74, 6) is -0.383. The van der Waals surface area contributed by atoms with Crippen molar-refractivity contribution in [2.45, 2.75) is 32.9 Å². The molecule has 0 atom stereocenters. The van der Waals surface area contributed by atoms with Crippen LogP contribution in [0.15, 0.2) is 48.9 Å². The van der Waals surface area contributed by atoms with Crippen LogP contribution in [0.5, 0.6) is 0 Å². The summed E-state index contributed by atoms with van der Waals surface area (Å²) in [7, 11) is 0. The molecule has 0 fully saturated rings. The van der Waals surface area contributed by atoms with E-state index < -0.39 is 17.6 Å². The molecule has 4 rings (SSSR count). The Bertz CT molecular complexity index is 1280. The van der Waals surface area contributed by atoms with Gasteiger partial charge in [0, 0.05) is 12.4 Å². The smallest absolute Gasteiger partial charge is 0.298 e. The highest BCUT2D eigenvalue weighted by Gasteiger charge is 2.31. The summed E-state index contributed by atoms with van der Waals surface area (Å²) in [5, 5.41) is 7.42. The lowest BCUT2D eigenvalue weighted by molar-refractivity contribution is -0.137. The van der Waals surface area contributed by atoms with Crippen molar-refractivity contribution < 1.29 is 18.0 Å². The van der Waals surface area contributed by atoms with Crippen LogP contribution >= 0.6 is 11.3 Å². The number of aromatic nitrogens is 5. The molecule has 4 aromatic heterocycles. The standard InChI is InChI=1S/C22H19F3N6OS/c1-12(2)18-15(11-28-31(18)17-8-7-14(10-27-17)22(23,24)25)20(32)30-21-29-13(3)19(33-21)16-6-4-5-9-26-16/h4-12H,1-3H3,(H,29,30,32). The monoisotopic (exact) mass is 472 g/mol. The molecule has 0 unspecified atom stereocenters. The molecule has 11 heteroatoms. The number of amides is 1. The van der Waals surface area contributed by atoms with Crippen molar-refractivity contribution in [1.82, 2.24) is 24.7 Å². The number of anilines is 1. The zero-order valence-electron chi connectivity index (χ0n) is 17.9. The highest BCUT2D eigenvalue weighted by molar-refractivity contribution is 7.19. The average Bonchev–Trinajstić information content (AvgIpc) is 3.38. The number of hydrogen-bond donors (Lipinski definition) is 1. The number of halogens is 3. The molecule has 0 aliphatic heterocycles. The molecule has 0 aliphatic rings. The molecule has 0 aromatic carbocycles. The van der Waals surface area contributed by atoms with E-state index in [1.165, 1.54) is 28.3 Å². The van der Waals surface area contributed by atoms with Crippen molar-refractivity contribution in [3.63, 3.8) is 0 Å². The van der Waals surface area contributed by atoms with E-state index in [0.29, 0.717) is 16.4 Å². The molecule has 7 nitrogen and oxygen atoms in total. The van der Waals surface area contributed by atoms with Crippen molar-refractivity contribution in [2.24, 2.45) is 0 Å². The number of alkyl halides is 3. The van der Waals surface area contributed by atoms with Crippen LogP contribution in [0.1, 0.15) is 47.1 Å². The lowest BCUT2D eigenvalue weighted by Crippen LogP contribution is -2.16. The third-order valence-corrected chi connectivity index (χ3v) is 5.90. The fourth-order valence-electron chi connectivity index (χ4n) is 3.30. The molecule has 4 heterocycles. The van der Waals surface area contributed by atoms with Gasteiger partial charge in [-0.05, 0) is 37.1 Å². The van der Waals surface area contributed by atoms with Gasteiger partial charge < -0.3 is 0 Å². The Labute approximate surface area is 191 Å². The van der Waals surface area contributed by atoms with Gasteiger partial charge in [0.25, 0.3) is 5.91 Å². The molecule has 170 valence electrons. The minimum Gasteiger partial charge on any atom is -0.298 e. The summed E-state index contributed by atoms with van der Waals surface area (Å²) < 4.78 is 40.0. The first kappa shape index (κ1) is 22.6. The SMILES string of the molecule is Cc1nc(NC(=O)c2cnn(-c3ccc(C(F)(F)F)cn3)c2C(C)C)sc1-c1ccccn1. The molecule has 0 saturated heterocycles. The molecule has 1 N–H and O–H groups in total. The van der Waals surface area contributed by atoms with Crippen molar-refractivity contribution in [2.75, 3.05) is 5.32 Å². The Morgan fingerprint density at radius 1 is 1.12 bits per heavy atom. The van der Waals surface area contributed by atoms with Crippen molar-refractivity contribution in [1.29, 1.82) is 0 Å². The van der Waals surface area contributed by atoms with Gasteiger partial charge in [0.05, 0.1) is 39.3 Å². The largest absolute Gasteiger partial charge is 0.417 e. The van der Waals surface area contributed by atoms with E-state index >= 15 is 0 Å². The highest BCUT2D eigenvalue weighted by Crippen LogP contribution is 2.32. The summed E-state index contributed by atoms with van der Waals surface area (Å²) in [6.07, 6.45) is -0.671. The topological polar surface area (TPSA) is 85.6 Å². The van der Waals surface area contributed by atoms with Crippen LogP contribution in [0.3, 0.4) is 0 Å². The predicted octanol–water partition coefficient (Wildman–Crippen LogP) is 5.49. The summed E-state index contributed by atoms with van der Waals surface area (Å²) >= 11 is 1.31. The number of thiazole rings is 1. The quantitative estimate of drug-likeness (QED) is 0.415. The number of nitrogens with one attached hydrogen (secondary N) is 1. The van der Waals surface area contributed by atoms with Crippen LogP contribution in [-0.4, -0.2) is 30.6 Å². The number of rotatable bonds is 5. The number of aryl methyl sites for hydroxylation is 1. The minimum atomic E-state index is -4.48. The number of hydrogen-bond acceptors (Lipinski definition) is 6. The number of pyridine rings is 2. The molecular weight excluding hydrogens is 453 g/mol. The van der Waals surface area contributed by atoms with Crippen molar-refractivity contribution in [3.05, 3.63) is 71.4 Å². The Morgan fingerprint density at radius 2 is 1.91 bits per heavy atom. The van der Waals surface area contributed by atoms with Gasteiger partial charge in [0.15, 0.2) is 10.9 Å². The van der Waals surface area contributed by atoms with Gasteiger partial charge in [-0.3, -0.25) is 15.1 Å². The molecule has 33 heavy (non-hydrogen) atoms. The third kappa shape index (κ3) is 4.63. The van der Waals surface area contributed by atoms with E-state index in [1.807, 2.05) is 39.0 Å². The van der Waals surface area contributed by atoms with Gasteiger partial charge in [-0.1, -0.05) is 31.3 Å². The summed E-state index contributed by atoms with van der Waals surface area (Å²) in [6.45, 7) is 5.56. The van der Waals surface area contributed by atoms with E-state index in [1.54, 1.807) is 6.20 Å². The van der Waals surface area contributed by atoms with Crippen LogP contribution in [0.4, 0.5) is 18.3 Å². The molecular formula is C22H19F3N6OS. The zero-order valence-corrected chi connectivity index (χ0v) is 18.7. The average molecular weight is 472 g/mol. The number of carbonyl (C=O) groups is 1. The molecule has 0 aliphatic carbocycles. The van der Waals surface area contributed by atoms with Crippen LogP contribution in [0.25, 0.3) is 16.4 Å². The first-order chi connectivity index (χ1) is 15.6. The van der Waals surface area contributed by atoms with E-state index in [0.717, 1.165) is 28.5 Å². The second-order valence-corrected chi connectivity index (χ2v) is 8.51. The highest BCUT2D eigenvalue weighted by atomic mass is 32.1. The minimum absolute atomic E-state index is 0.153. The van der Waals surface area contributed by atoms with E-state index in [9.17, 15) is 18.0 Å². The maximum absolute atomic E-state index is 13.0. The van der Waals surface area contributed by atoms with Gasteiger partial charge in [0.1, 0.15) is 0 Å². The number of carbonyl (C=O) groups excluding carboxylic acids is 1. The Kier molecular flexibility index (Phi) is 5.98. The summed E-state index contributed by atoms with van der Waals surface area (Å²) in [5.41, 5.74) is 1.46. The van der Waals surface area contributed by atoms with Gasteiger partial charge >= 0.3 is 6.18 Å². The third-order valence-electron chi connectivity index (χ3n) is 4.80. The van der Waals surface area contributed by atoms with Gasteiger partial charge in [-0.25, -0.2) is 14.6 Å². The lowest BCUT2D eigenvalue weighted by atomic mass is 10.1. The molecule has 0 radical (unpaired) electrons. The maximum atomic E-state index is 13.0. The molecule has 4 aromatic rings. The normalized spacial score (nSPS) is 11.7. The Morgan fingerprint density at radius 3 is 2.52 bits per heavy atom. The molecule has 1 amide bonds. The second-order valence-electron chi connectivity index (χ2n) is 7.52. The van der Waals surface area contributed by atoms with Crippen LogP contribution in [0.2, 0.25) is 0 Å². The van der Waals surface area contributed by atoms with Crippen LogP contribution in [-0.2, 0) is 6.18 Å². The predicted molar refractivity (Wildman–Crippen MR) is 118 cm³/mol. The van der Waals surface area contributed by atoms with E-state index in [2.05, 4.69) is 25.4 Å². The summed E-state index contributed by atoms with van der Waals surface area (Å²) in [4.78, 5) is 26.5. The molecule has 0 saturated carbocycles. The first-order valence-electron chi connectivity index (χ1n) is 9.97. The van der Waals surface area contributed by atoms with Gasteiger partial charge in [-0.2, -0.15) is 18.3 Å². The van der Waals surface area contributed by atoms with Gasteiger partial charge in [0.2, 0.25) is 0 Å². The van der Waals surface area contributed by atoms with E-state index in [4.69, 9.17) is 0 Å². The fraction of sp³-hybridized carbons (Fsp3) is 0.227. The second kappa shape index (κ2) is 8.74. The van der Waals surface area contributed by atoms with Gasteiger partial charge in [-0.15, -0.1) is 0 Å². The van der Waals surface area contributed by atoms with Crippen LogP contribution in [0, 0.1) is 6.92 Å². The van der Waals surface area contributed by atoms with E-state index in [-0.39, 0.29) is 11.7 Å². The van der Waals surface area contributed by atoms with Crippen LogP contribution < -0.4 is 5.32 Å². The Balaban J connectivity index is 1.62. The zero-order chi connectivity index (χ0) is 23.8. The molecule has 0 spiro atoms. The van der Waals surface area contributed by atoms with Crippen molar-refractivity contribution in [3.8, 4) is 16.4 Å². The first-order valence-corrected chi connectivity index (χ1v) is 10.8. The molecule has 0 bridgehead atoms. The lowest BCUT2D eigenvalue weighted by Gasteiger charge is -2.13. The fourth-order valence-corrected chi connectivity index (χ4v) is 4.24. The van der Waals surface area contributed by atoms with Crippen molar-refractivity contribution >= 4 is 22.4 Å². The maximum Gasteiger partial charge on any atom is 0.417 e. The number of nitrogens with zero attached hydrogens (tertiary/aromatic N) is 5. The summed E-state index contributed by atoms with van der Waals surface area (Å²) in [6, 6.07) is 7.72. The Hall–Kier alpha value is -3.60.